The average Bonchev–Trinajstić information content (AvgIpc) is 3.06. The molecule has 0 bridgehead atoms. The third kappa shape index (κ3) is 3.82. The minimum Gasteiger partial charge on any atom is -0.466 e. The molecule has 170 valence electrons. The topological polar surface area (TPSA) is 85.7 Å². The summed E-state index contributed by atoms with van der Waals surface area (Å²) in [5, 5.41) is 7.60. The molecule has 32 heavy (non-hydrogen) atoms. The minimum atomic E-state index is -0.603. The number of rotatable bonds is 2. The van der Waals surface area contributed by atoms with E-state index in [1.54, 1.807) is 4.90 Å². The molecule has 3 aliphatic rings. The Morgan fingerprint density at radius 3 is 2.62 bits per heavy atom. The van der Waals surface area contributed by atoms with Crippen LogP contribution in [-0.4, -0.2) is 52.0 Å². The molecule has 0 saturated heterocycles. The Labute approximate surface area is 187 Å². The van der Waals surface area contributed by atoms with Crippen LogP contribution in [0.15, 0.2) is 24.3 Å². The first kappa shape index (κ1) is 20.8. The number of nitrogens with one attached hydrogen (secondary N) is 1. The summed E-state index contributed by atoms with van der Waals surface area (Å²) >= 11 is 0. The van der Waals surface area contributed by atoms with E-state index >= 15 is 0 Å². The van der Waals surface area contributed by atoms with Crippen LogP contribution in [0.4, 0.5) is 4.79 Å². The zero-order valence-corrected chi connectivity index (χ0v) is 18.9. The van der Waals surface area contributed by atoms with Crippen molar-refractivity contribution >= 4 is 12.0 Å². The second kappa shape index (κ2) is 7.83. The Morgan fingerprint density at radius 2 is 1.97 bits per heavy atom. The van der Waals surface area contributed by atoms with E-state index in [4.69, 9.17) is 14.6 Å². The third-order valence-electron chi connectivity index (χ3n) is 6.46. The molecule has 1 aliphatic carbocycles. The van der Waals surface area contributed by atoms with Gasteiger partial charge in [0.25, 0.3) is 5.91 Å². The van der Waals surface area contributed by atoms with Crippen molar-refractivity contribution in [2.45, 2.75) is 64.0 Å². The number of carbonyl (C=O) groups is 2. The highest BCUT2D eigenvalue weighted by Crippen LogP contribution is 2.40. The Bertz CT molecular complexity index is 1030. The van der Waals surface area contributed by atoms with Crippen molar-refractivity contribution < 1.29 is 19.1 Å². The number of nitrogens with zero attached hydrogens (tertiary/aromatic N) is 3. The fourth-order valence-corrected chi connectivity index (χ4v) is 4.65. The maximum absolute atomic E-state index is 12.9. The van der Waals surface area contributed by atoms with Gasteiger partial charge in [-0.2, -0.15) is 0 Å². The molecule has 1 atom stereocenters. The van der Waals surface area contributed by atoms with Crippen LogP contribution in [0, 0.1) is 0 Å². The van der Waals surface area contributed by atoms with Crippen LogP contribution in [-0.2, 0) is 16.0 Å². The Balaban J connectivity index is 1.51. The number of hydrogen-bond acceptors (Lipinski definition) is 5. The minimum absolute atomic E-state index is 0.0940. The van der Waals surface area contributed by atoms with Gasteiger partial charge in [-0.25, -0.2) is 9.48 Å². The standard InChI is InChI=1S/C24H30N4O4/c1-24(2,3)32-23(30)27-12-11-18-21-19(27)13-25-20(29)14-31-22(21)26-28(18)17-9-7-16(8-10-17)15-5-4-6-15/h7-10,15,19H,4-6,11-14H2,1-3H3,(H,25,29). The summed E-state index contributed by atoms with van der Waals surface area (Å²) in [7, 11) is 0. The zero-order chi connectivity index (χ0) is 22.5. The van der Waals surface area contributed by atoms with E-state index in [2.05, 4.69) is 29.6 Å². The van der Waals surface area contributed by atoms with Crippen molar-refractivity contribution in [3.05, 3.63) is 41.1 Å². The van der Waals surface area contributed by atoms with Crippen LogP contribution in [0.1, 0.15) is 68.8 Å². The van der Waals surface area contributed by atoms with Gasteiger partial charge in [0, 0.05) is 19.5 Å². The highest BCUT2D eigenvalue weighted by molar-refractivity contribution is 5.78. The summed E-state index contributed by atoms with van der Waals surface area (Å²) in [5.41, 5.74) is 3.59. The molecular formula is C24H30N4O4. The van der Waals surface area contributed by atoms with Gasteiger partial charge in [-0.1, -0.05) is 18.6 Å². The number of amides is 2. The van der Waals surface area contributed by atoms with E-state index in [0.717, 1.165) is 16.9 Å². The van der Waals surface area contributed by atoms with Crippen LogP contribution in [0.25, 0.3) is 5.69 Å². The largest absolute Gasteiger partial charge is 0.466 e. The molecule has 5 rings (SSSR count). The van der Waals surface area contributed by atoms with Gasteiger partial charge < -0.3 is 14.8 Å². The van der Waals surface area contributed by atoms with E-state index in [-0.39, 0.29) is 12.5 Å². The fraction of sp³-hybridized carbons (Fsp3) is 0.542. The highest BCUT2D eigenvalue weighted by atomic mass is 16.6. The monoisotopic (exact) mass is 438 g/mol. The van der Waals surface area contributed by atoms with Gasteiger partial charge in [0.2, 0.25) is 5.88 Å². The van der Waals surface area contributed by atoms with Gasteiger partial charge in [0.05, 0.1) is 23.0 Å². The lowest BCUT2D eigenvalue weighted by Gasteiger charge is -2.37. The normalized spacial score (nSPS) is 20.9. The average molecular weight is 439 g/mol. The molecule has 0 radical (unpaired) electrons. The van der Waals surface area contributed by atoms with Gasteiger partial charge in [-0.15, -0.1) is 5.10 Å². The van der Waals surface area contributed by atoms with Crippen LogP contribution >= 0.6 is 0 Å². The van der Waals surface area contributed by atoms with Gasteiger partial charge >= 0.3 is 6.09 Å². The Morgan fingerprint density at radius 1 is 1.22 bits per heavy atom. The predicted octanol–water partition coefficient (Wildman–Crippen LogP) is 3.48. The molecule has 2 aliphatic heterocycles. The molecule has 2 aromatic rings. The molecule has 3 heterocycles. The van der Waals surface area contributed by atoms with Crippen molar-refractivity contribution in [3.8, 4) is 11.6 Å². The van der Waals surface area contributed by atoms with Crippen molar-refractivity contribution in [3.63, 3.8) is 0 Å². The van der Waals surface area contributed by atoms with Gasteiger partial charge in [0.1, 0.15) is 5.60 Å². The number of carbonyl (C=O) groups excluding carboxylic acids is 2. The molecule has 0 spiro atoms. The SMILES string of the molecule is CC(C)(C)OC(=O)N1CCc2c3c(nn2-c2ccc(C4CCC4)cc2)OCC(=O)NCC31. The lowest BCUT2D eigenvalue weighted by atomic mass is 9.80. The lowest BCUT2D eigenvalue weighted by Crippen LogP contribution is -2.48. The fourth-order valence-electron chi connectivity index (χ4n) is 4.65. The summed E-state index contributed by atoms with van der Waals surface area (Å²) in [4.78, 5) is 26.7. The molecule has 8 heteroatoms. The molecule has 1 fully saturated rings. The smallest absolute Gasteiger partial charge is 0.410 e. The van der Waals surface area contributed by atoms with Crippen LogP contribution in [0.3, 0.4) is 0 Å². The maximum atomic E-state index is 12.9. The first-order chi connectivity index (χ1) is 15.3. The number of hydrogen-bond donors (Lipinski definition) is 1. The van der Waals surface area contributed by atoms with Gasteiger partial charge in [-0.05, 0) is 57.2 Å². The molecule has 1 saturated carbocycles. The van der Waals surface area contributed by atoms with Crippen molar-refractivity contribution in [1.29, 1.82) is 0 Å². The van der Waals surface area contributed by atoms with Crippen molar-refractivity contribution in [2.75, 3.05) is 19.7 Å². The van der Waals surface area contributed by atoms with Crippen LogP contribution in [0.5, 0.6) is 5.88 Å². The molecular weight excluding hydrogens is 408 g/mol. The quantitative estimate of drug-likeness (QED) is 0.776. The molecule has 1 aromatic heterocycles. The Hall–Kier alpha value is -3.03. The van der Waals surface area contributed by atoms with Crippen molar-refractivity contribution in [2.24, 2.45) is 0 Å². The van der Waals surface area contributed by atoms with E-state index in [1.165, 1.54) is 24.8 Å². The highest BCUT2D eigenvalue weighted by Gasteiger charge is 2.40. The molecule has 1 unspecified atom stereocenters. The number of aromatic nitrogens is 2. The third-order valence-corrected chi connectivity index (χ3v) is 6.46. The van der Waals surface area contributed by atoms with E-state index < -0.39 is 17.7 Å². The summed E-state index contributed by atoms with van der Waals surface area (Å²) < 4.78 is 13.3. The Kier molecular flexibility index (Phi) is 5.10. The summed E-state index contributed by atoms with van der Waals surface area (Å²) in [6, 6.07) is 8.18. The van der Waals surface area contributed by atoms with Gasteiger partial charge in [0.15, 0.2) is 6.61 Å². The summed E-state index contributed by atoms with van der Waals surface area (Å²) in [6.45, 7) is 6.23. The predicted molar refractivity (Wildman–Crippen MR) is 118 cm³/mol. The molecule has 2 amide bonds. The molecule has 1 aromatic carbocycles. The zero-order valence-electron chi connectivity index (χ0n) is 18.9. The lowest BCUT2D eigenvalue weighted by molar-refractivity contribution is -0.123. The van der Waals surface area contributed by atoms with Crippen molar-refractivity contribution in [1.82, 2.24) is 20.0 Å². The number of benzene rings is 1. The van der Waals surface area contributed by atoms with Crippen LogP contribution < -0.4 is 10.1 Å². The molecule has 8 nitrogen and oxygen atoms in total. The van der Waals surface area contributed by atoms with E-state index in [9.17, 15) is 9.59 Å². The number of ether oxygens (including phenoxy) is 2. The van der Waals surface area contributed by atoms with E-state index in [1.807, 2.05) is 25.5 Å². The van der Waals surface area contributed by atoms with Gasteiger partial charge in [-0.3, -0.25) is 9.69 Å². The van der Waals surface area contributed by atoms with E-state index in [0.29, 0.717) is 31.3 Å². The van der Waals surface area contributed by atoms with Crippen LogP contribution in [0.2, 0.25) is 0 Å². The maximum Gasteiger partial charge on any atom is 0.410 e. The molecule has 1 N–H and O–H groups in total. The first-order valence-corrected chi connectivity index (χ1v) is 11.4. The summed E-state index contributed by atoms with van der Waals surface area (Å²) in [6.07, 6.45) is 4.06. The second-order valence-electron chi connectivity index (χ2n) is 9.83. The first-order valence-electron chi connectivity index (χ1n) is 11.4. The summed E-state index contributed by atoms with van der Waals surface area (Å²) in [5.74, 6) is 0.856. The second-order valence-corrected chi connectivity index (χ2v) is 9.83.